The van der Waals surface area contributed by atoms with Gasteiger partial charge in [-0.05, 0) is 32.9 Å². The fourth-order valence-electron chi connectivity index (χ4n) is 3.35. The number of benzene rings is 1. The molecule has 0 aliphatic rings. The van der Waals surface area contributed by atoms with Crippen molar-refractivity contribution in [3.8, 4) is 5.75 Å². The SMILES string of the molecule is CCn1c(NCCNCC(COc2ccccc2)OC(=O)/C=C/C(=O)O)c(C)c(=O)n(CC)c1=O. The average molecular weight is 489 g/mol. The molecule has 0 bridgehead atoms. The third-order valence-electron chi connectivity index (χ3n) is 5.08. The molecule has 1 unspecified atom stereocenters. The number of rotatable bonds is 14. The second-order valence-corrected chi connectivity index (χ2v) is 7.54. The minimum absolute atomic E-state index is 0.0564. The fourth-order valence-corrected chi connectivity index (χ4v) is 3.35. The quantitative estimate of drug-likeness (QED) is 0.202. The minimum atomic E-state index is -1.25. The summed E-state index contributed by atoms with van der Waals surface area (Å²) in [5, 5.41) is 15.0. The summed E-state index contributed by atoms with van der Waals surface area (Å²) in [6.07, 6.45) is 0.853. The third-order valence-corrected chi connectivity index (χ3v) is 5.08. The van der Waals surface area contributed by atoms with Crippen LogP contribution in [0.4, 0.5) is 5.82 Å². The van der Waals surface area contributed by atoms with E-state index in [0.717, 1.165) is 6.08 Å². The van der Waals surface area contributed by atoms with Gasteiger partial charge in [0.25, 0.3) is 5.56 Å². The van der Waals surface area contributed by atoms with Gasteiger partial charge in [-0.25, -0.2) is 14.4 Å². The summed E-state index contributed by atoms with van der Waals surface area (Å²) in [4.78, 5) is 47.6. The van der Waals surface area contributed by atoms with Crippen LogP contribution in [0.5, 0.6) is 5.75 Å². The summed E-state index contributed by atoms with van der Waals surface area (Å²) in [7, 11) is 0. The first-order valence-electron chi connectivity index (χ1n) is 11.4. The van der Waals surface area contributed by atoms with Gasteiger partial charge in [0.15, 0.2) is 0 Å². The number of anilines is 1. The number of nitrogens with one attached hydrogen (secondary N) is 2. The molecular weight excluding hydrogens is 456 g/mol. The highest BCUT2D eigenvalue weighted by atomic mass is 16.6. The molecule has 1 atom stereocenters. The normalized spacial score (nSPS) is 11.9. The highest BCUT2D eigenvalue weighted by Crippen LogP contribution is 2.10. The molecule has 3 N–H and O–H groups in total. The van der Waals surface area contributed by atoms with Crippen LogP contribution in [0.2, 0.25) is 0 Å². The van der Waals surface area contributed by atoms with E-state index in [1.807, 2.05) is 25.1 Å². The number of carboxylic acid groups (broad SMARTS) is 1. The predicted octanol–water partition coefficient (Wildman–Crippen LogP) is 0.991. The van der Waals surface area contributed by atoms with Crippen LogP contribution in [0.25, 0.3) is 0 Å². The van der Waals surface area contributed by atoms with Gasteiger partial charge < -0.3 is 25.2 Å². The van der Waals surface area contributed by atoms with E-state index in [4.69, 9.17) is 14.6 Å². The van der Waals surface area contributed by atoms with Crippen molar-refractivity contribution in [1.82, 2.24) is 14.5 Å². The van der Waals surface area contributed by atoms with Gasteiger partial charge in [-0.15, -0.1) is 0 Å². The molecule has 0 saturated carbocycles. The second-order valence-electron chi connectivity index (χ2n) is 7.54. The molecule has 1 aromatic heterocycles. The maximum absolute atomic E-state index is 12.6. The minimum Gasteiger partial charge on any atom is -0.490 e. The maximum atomic E-state index is 12.6. The number of aliphatic carboxylic acids is 1. The number of aromatic nitrogens is 2. The molecule has 0 aliphatic carbocycles. The molecule has 35 heavy (non-hydrogen) atoms. The number of esters is 1. The van der Waals surface area contributed by atoms with Crippen molar-refractivity contribution in [2.75, 3.05) is 31.6 Å². The summed E-state index contributed by atoms with van der Waals surface area (Å²) >= 11 is 0. The largest absolute Gasteiger partial charge is 0.490 e. The monoisotopic (exact) mass is 488 g/mol. The lowest BCUT2D eigenvalue weighted by Gasteiger charge is -2.20. The fraction of sp³-hybridized carbons (Fsp3) is 0.417. The van der Waals surface area contributed by atoms with E-state index in [1.54, 1.807) is 26.0 Å². The molecule has 0 aliphatic heterocycles. The van der Waals surface area contributed by atoms with Gasteiger partial charge in [-0.2, -0.15) is 0 Å². The van der Waals surface area contributed by atoms with Crippen LogP contribution in [0.1, 0.15) is 19.4 Å². The van der Waals surface area contributed by atoms with Gasteiger partial charge in [0.2, 0.25) is 0 Å². The van der Waals surface area contributed by atoms with Crippen LogP contribution in [-0.2, 0) is 27.4 Å². The molecule has 0 amide bonds. The molecule has 1 aromatic carbocycles. The third kappa shape index (κ3) is 8.14. The van der Waals surface area contributed by atoms with Crippen LogP contribution in [0, 0.1) is 6.92 Å². The van der Waals surface area contributed by atoms with Gasteiger partial charge in [0.05, 0.1) is 5.56 Å². The number of nitrogens with zero attached hydrogens (tertiary/aromatic N) is 2. The molecule has 0 radical (unpaired) electrons. The lowest BCUT2D eigenvalue weighted by Crippen LogP contribution is -2.42. The molecule has 190 valence electrons. The topological polar surface area (TPSA) is 141 Å². The Kier molecular flexibility index (Phi) is 10.8. The van der Waals surface area contributed by atoms with Crippen molar-refractivity contribution in [2.24, 2.45) is 0 Å². The smallest absolute Gasteiger partial charge is 0.332 e. The number of carboxylic acids is 1. The van der Waals surface area contributed by atoms with E-state index in [9.17, 15) is 19.2 Å². The van der Waals surface area contributed by atoms with Crippen molar-refractivity contribution in [3.05, 3.63) is 68.9 Å². The lowest BCUT2D eigenvalue weighted by molar-refractivity contribution is -0.144. The molecule has 2 rings (SSSR count). The first-order valence-corrected chi connectivity index (χ1v) is 11.4. The molecule has 2 aromatic rings. The Morgan fingerprint density at radius 1 is 1.06 bits per heavy atom. The zero-order chi connectivity index (χ0) is 25.8. The van der Waals surface area contributed by atoms with Gasteiger partial charge in [0, 0.05) is 44.9 Å². The highest BCUT2D eigenvalue weighted by molar-refractivity contribution is 5.90. The average Bonchev–Trinajstić information content (AvgIpc) is 2.84. The lowest BCUT2D eigenvalue weighted by atomic mass is 10.3. The first-order chi connectivity index (χ1) is 16.8. The van der Waals surface area contributed by atoms with E-state index in [2.05, 4.69) is 10.6 Å². The molecule has 11 nitrogen and oxygen atoms in total. The van der Waals surface area contributed by atoms with E-state index >= 15 is 0 Å². The summed E-state index contributed by atoms with van der Waals surface area (Å²) in [6.45, 7) is 7.09. The number of hydrogen-bond donors (Lipinski definition) is 3. The summed E-state index contributed by atoms with van der Waals surface area (Å²) in [5.74, 6) is -0.974. The van der Waals surface area contributed by atoms with Gasteiger partial charge in [-0.3, -0.25) is 13.9 Å². The Morgan fingerprint density at radius 2 is 1.74 bits per heavy atom. The van der Waals surface area contributed by atoms with Crippen molar-refractivity contribution < 1.29 is 24.2 Å². The van der Waals surface area contributed by atoms with Crippen molar-refractivity contribution in [1.29, 1.82) is 0 Å². The van der Waals surface area contributed by atoms with Crippen LogP contribution >= 0.6 is 0 Å². The number of para-hydroxylation sites is 1. The Labute approximate surface area is 203 Å². The zero-order valence-electron chi connectivity index (χ0n) is 20.2. The Bertz CT molecular complexity index is 1140. The predicted molar refractivity (Wildman–Crippen MR) is 131 cm³/mol. The molecule has 0 spiro atoms. The van der Waals surface area contributed by atoms with Gasteiger partial charge in [0.1, 0.15) is 24.3 Å². The molecule has 1 heterocycles. The Hall–Kier alpha value is -3.86. The van der Waals surface area contributed by atoms with Crippen LogP contribution in [0.3, 0.4) is 0 Å². The van der Waals surface area contributed by atoms with Crippen molar-refractivity contribution in [3.63, 3.8) is 0 Å². The molecular formula is C24H32N4O7. The summed E-state index contributed by atoms with van der Waals surface area (Å²) in [5.41, 5.74) is -0.223. The van der Waals surface area contributed by atoms with Crippen LogP contribution < -0.4 is 26.6 Å². The zero-order valence-corrected chi connectivity index (χ0v) is 20.2. The van der Waals surface area contributed by atoms with Crippen LogP contribution in [0.15, 0.2) is 52.1 Å². The number of hydrogen-bond acceptors (Lipinski definition) is 8. The summed E-state index contributed by atoms with van der Waals surface area (Å²) < 4.78 is 13.7. The number of carbonyl (C=O) groups is 2. The molecule has 11 heteroatoms. The van der Waals surface area contributed by atoms with Crippen molar-refractivity contribution >= 4 is 17.8 Å². The number of carbonyl (C=O) groups excluding carboxylic acids is 1. The maximum Gasteiger partial charge on any atom is 0.332 e. The highest BCUT2D eigenvalue weighted by Gasteiger charge is 2.16. The first kappa shape index (κ1) is 27.4. The Morgan fingerprint density at radius 3 is 2.37 bits per heavy atom. The van der Waals surface area contributed by atoms with E-state index in [0.29, 0.717) is 49.4 Å². The number of ether oxygens (including phenoxy) is 2. The van der Waals surface area contributed by atoms with E-state index in [1.165, 1.54) is 9.13 Å². The Balaban J connectivity index is 1.97. The van der Waals surface area contributed by atoms with Crippen LogP contribution in [-0.4, -0.2) is 58.5 Å². The summed E-state index contributed by atoms with van der Waals surface area (Å²) in [6, 6.07) is 9.00. The standard InChI is InChI=1S/C24H32N4O7/c1-4-27-22(17(3)23(32)28(5-2)24(27)33)26-14-13-25-15-19(35-21(31)12-11-20(29)30)16-34-18-9-7-6-8-10-18/h6-12,19,25-26H,4-5,13-16H2,1-3H3,(H,29,30)/b12-11+. The molecule has 0 fully saturated rings. The second kappa shape index (κ2) is 13.8. The van der Waals surface area contributed by atoms with Gasteiger partial charge in [-0.1, -0.05) is 18.2 Å². The van der Waals surface area contributed by atoms with Gasteiger partial charge >= 0.3 is 17.6 Å². The molecule has 0 saturated heterocycles. The van der Waals surface area contributed by atoms with E-state index in [-0.39, 0.29) is 24.4 Å². The van der Waals surface area contributed by atoms with Crippen molar-refractivity contribution in [2.45, 2.75) is 40.0 Å². The van der Waals surface area contributed by atoms with E-state index < -0.39 is 18.0 Å².